The Kier molecular flexibility index (Phi) is 4.96. The van der Waals surface area contributed by atoms with Gasteiger partial charge in [-0.2, -0.15) is 0 Å². The molecule has 0 bridgehead atoms. The van der Waals surface area contributed by atoms with Crippen LogP contribution in [0.15, 0.2) is 121 Å². The lowest BCUT2D eigenvalue weighted by Crippen LogP contribution is -2.35. The van der Waals surface area contributed by atoms with Crippen molar-refractivity contribution in [2.24, 2.45) is 5.92 Å². The van der Waals surface area contributed by atoms with Gasteiger partial charge in [-0.1, -0.05) is 115 Å². The van der Waals surface area contributed by atoms with Crippen molar-refractivity contribution in [3.8, 4) is 0 Å². The maximum atomic E-state index is 11.8. The minimum Gasteiger partial charge on any atom is -0.507 e. The summed E-state index contributed by atoms with van der Waals surface area (Å²) in [6.07, 6.45) is 7.66. The van der Waals surface area contributed by atoms with Crippen LogP contribution in [0.25, 0.3) is 5.76 Å². The standard InChI is InChI=1S/C26H22O2/c27-25(20-10-4-1-5-11-20)21-16-18-24(19-17-21)26(28,22-12-6-2-7-13-22)23-14-8-3-9-15-23/h1-19,24,27-28H. The zero-order chi connectivity index (χ0) is 19.4. The van der Waals surface area contributed by atoms with Gasteiger partial charge in [-0.05, 0) is 11.1 Å². The maximum absolute atomic E-state index is 11.8. The van der Waals surface area contributed by atoms with E-state index in [1.807, 2.05) is 115 Å². The van der Waals surface area contributed by atoms with Gasteiger partial charge in [-0.15, -0.1) is 0 Å². The first kappa shape index (κ1) is 18.0. The molecule has 0 amide bonds. The summed E-state index contributed by atoms with van der Waals surface area (Å²) in [5, 5.41) is 22.4. The third-order valence-electron chi connectivity index (χ3n) is 5.20. The van der Waals surface area contributed by atoms with Crippen LogP contribution < -0.4 is 0 Å². The van der Waals surface area contributed by atoms with Gasteiger partial charge in [0.05, 0.1) is 0 Å². The third kappa shape index (κ3) is 3.30. The predicted octanol–water partition coefficient (Wildman–Crippen LogP) is 5.63. The Hall–Kier alpha value is -3.36. The number of hydrogen-bond acceptors (Lipinski definition) is 2. The summed E-state index contributed by atoms with van der Waals surface area (Å²) in [5.41, 5.74) is 1.97. The second-order valence-corrected chi connectivity index (χ2v) is 6.91. The average Bonchev–Trinajstić information content (AvgIpc) is 2.80. The number of aliphatic hydroxyl groups excluding tert-OH is 1. The molecule has 0 atom stereocenters. The lowest BCUT2D eigenvalue weighted by molar-refractivity contribution is 0.0537. The summed E-state index contributed by atoms with van der Waals surface area (Å²) in [4.78, 5) is 0. The Bertz CT molecular complexity index is 960. The summed E-state index contributed by atoms with van der Waals surface area (Å²) in [5.74, 6) is -0.0286. The Morgan fingerprint density at radius 2 is 1.07 bits per heavy atom. The summed E-state index contributed by atoms with van der Waals surface area (Å²) < 4.78 is 0. The van der Waals surface area contributed by atoms with Crippen LogP contribution in [-0.2, 0) is 5.60 Å². The molecule has 0 aromatic heterocycles. The van der Waals surface area contributed by atoms with Crippen LogP contribution >= 0.6 is 0 Å². The van der Waals surface area contributed by atoms with Gasteiger partial charge in [0.2, 0.25) is 0 Å². The minimum absolute atomic E-state index is 0.231. The van der Waals surface area contributed by atoms with Crippen LogP contribution in [-0.4, -0.2) is 10.2 Å². The molecule has 2 heteroatoms. The zero-order valence-corrected chi connectivity index (χ0v) is 15.4. The van der Waals surface area contributed by atoms with Crippen molar-refractivity contribution in [3.05, 3.63) is 138 Å². The van der Waals surface area contributed by atoms with Crippen LogP contribution in [0.1, 0.15) is 16.7 Å². The van der Waals surface area contributed by atoms with Gasteiger partial charge in [0.15, 0.2) is 0 Å². The number of hydrogen-bond donors (Lipinski definition) is 2. The molecule has 138 valence electrons. The molecule has 4 rings (SSSR count). The number of rotatable bonds is 4. The molecule has 2 N–H and O–H groups in total. The van der Waals surface area contributed by atoms with E-state index in [4.69, 9.17) is 0 Å². The molecule has 3 aromatic carbocycles. The number of aliphatic hydroxyl groups is 2. The van der Waals surface area contributed by atoms with Crippen LogP contribution in [0.4, 0.5) is 0 Å². The molecule has 2 nitrogen and oxygen atoms in total. The monoisotopic (exact) mass is 366 g/mol. The highest BCUT2D eigenvalue weighted by Gasteiger charge is 2.38. The first-order chi connectivity index (χ1) is 13.7. The second-order valence-electron chi connectivity index (χ2n) is 6.91. The molecule has 0 heterocycles. The van der Waals surface area contributed by atoms with Crippen molar-refractivity contribution >= 4 is 5.76 Å². The fraction of sp³-hybridized carbons (Fsp3) is 0.0769. The van der Waals surface area contributed by atoms with Gasteiger partial charge in [0.25, 0.3) is 0 Å². The van der Waals surface area contributed by atoms with Gasteiger partial charge >= 0.3 is 0 Å². The lowest BCUT2D eigenvalue weighted by atomic mass is 9.74. The molecular weight excluding hydrogens is 344 g/mol. The zero-order valence-electron chi connectivity index (χ0n) is 15.4. The molecule has 3 aromatic rings. The smallest absolute Gasteiger partial charge is 0.129 e. The van der Waals surface area contributed by atoms with Crippen molar-refractivity contribution < 1.29 is 10.2 Å². The largest absolute Gasteiger partial charge is 0.507 e. The summed E-state index contributed by atoms with van der Waals surface area (Å²) >= 11 is 0. The molecular formula is C26H22O2. The molecule has 0 unspecified atom stereocenters. The van der Waals surface area contributed by atoms with E-state index in [1.54, 1.807) is 0 Å². The van der Waals surface area contributed by atoms with Gasteiger partial charge in [0, 0.05) is 17.1 Å². The first-order valence-electron chi connectivity index (χ1n) is 9.38. The molecule has 28 heavy (non-hydrogen) atoms. The van der Waals surface area contributed by atoms with Gasteiger partial charge in [-0.25, -0.2) is 0 Å². The number of benzene rings is 3. The minimum atomic E-state index is -1.19. The van der Waals surface area contributed by atoms with E-state index < -0.39 is 5.60 Å². The van der Waals surface area contributed by atoms with E-state index in [-0.39, 0.29) is 11.7 Å². The van der Waals surface area contributed by atoms with E-state index in [0.29, 0.717) is 0 Å². The highest BCUT2D eigenvalue weighted by molar-refractivity contribution is 5.68. The Morgan fingerprint density at radius 3 is 1.54 bits per heavy atom. The maximum Gasteiger partial charge on any atom is 0.129 e. The SMILES string of the molecule is OC(=C1C=CC(C(O)(c2ccccc2)c2ccccc2)C=C1)c1ccccc1. The topological polar surface area (TPSA) is 40.5 Å². The van der Waals surface area contributed by atoms with Gasteiger partial charge in [-0.3, -0.25) is 0 Å². The van der Waals surface area contributed by atoms with E-state index in [2.05, 4.69) is 0 Å². The van der Waals surface area contributed by atoms with E-state index in [1.165, 1.54) is 0 Å². The van der Waals surface area contributed by atoms with Crippen molar-refractivity contribution in [2.45, 2.75) is 5.60 Å². The van der Waals surface area contributed by atoms with Crippen molar-refractivity contribution in [1.29, 1.82) is 0 Å². The molecule has 0 spiro atoms. The van der Waals surface area contributed by atoms with Crippen molar-refractivity contribution in [3.63, 3.8) is 0 Å². The fourth-order valence-electron chi connectivity index (χ4n) is 3.67. The lowest BCUT2D eigenvalue weighted by Gasteiger charge is -2.35. The van der Waals surface area contributed by atoms with E-state index in [0.717, 1.165) is 22.3 Å². The summed E-state index contributed by atoms with van der Waals surface area (Å²) in [6.45, 7) is 0. The Labute approximate surface area is 165 Å². The second kappa shape index (κ2) is 7.71. The Balaban J connectivity index is 1.74. The summed E-state index contributed by atoms with van der Waals surface area (Å²) in [7, 11) is 0. The van der Waals surface area contributed by atoms with E-state index >= 15 is 0 Å². The third-order valence-corrected chi connectivity index (χ3v) is 5.20. The van der Waals surface area contributed by atoms with E-state index in [9.17, 15) is 10.2 Å². The molecule has 0 saturated heterocycles. The number of allylic oxidation sites excluding steroid dienone is 3. The molecule has 0 aliphatic heterocycles. The molecule has 0 saturated carbocycles. The molecule has 1 aliphatic carbocycles. The highest BCUT2D eigenvalue weighted by Crippen LogP contribution is 2.40. The molecule has 0 fully saturated rings. The predicted molar refractivity (Wildman–Crippen MR) is 114 cm³/mol. The normalized spacial score (nSPS) is 16.2. The van der Waals surface area contributed by atoms with Crippen LogP contribution in [0.2, 0.25) is 0 Å². The van der Waals surface area contributed by atoms with Crippen LogP contribution in [0.3, 0.4) is 0 Å². The Morgan fingerprint density at radius 1 is 0.643 bits per heavy atom. The van der Waals surface area contributed by atoms with Crippen LogP contribution in [0.5, 0.6) is 0 Å². The van der Waals surface area contributed by atoms with Crippen molar-refractivity contribution in [2.75, 3.05) is 0 Å². The van der Waals surface area contributed by atoms with Gasteiger partial charge < -0.3 is 10.2 Å². The quantitative estimate of drug-likeness (QED) is 0.587. The van der Waals surface area contributed by atoms with Crippen LogP contribution in [0, 0.1) is 5.92 Å². The molecule has 1 aliphatic rings. The first-order valence-corrected chi connectivity index (χ1v) is 9.38. The molecule has 0 radical (unpaired) electrons. The highest BCUT2D eigenvalue weighted by atomic mass is 16.3. The summed E-state index contributed by atoms with van der Waals surface area (Å²) in [6, 6.07) is 28.9. The fourth-order valence-corrected chi connectivity index (χ4v) is 3.67. The van der Waals surface area contributed by atoms with Crippen molar-refractivity contribution in [1.82, 2.24) is 0 Å². The van der Waals surface area contributed by atoms with Gasteiger partial charge in [0.1, 0.15) is 11.4 Å². The average molecular weight is 366 g/mol.